The number of carbonyl (C=O) groups excluding carboxylic acids is 5. The number of halogens is 10. The summed E-state index contributed by atoms with van der Waals surface area (Å²) in [5.74, 6) is 0.216. The smallest absolute Gasteiger partial charge is 0.407 e. The molecule has 418 valence electrons. The highest BCUT2D eigenvalue weighted by Crippen LogP contribution is 2.42. The van der Waals surface area contributed by atoms with E-state index in [2.05, 4.69) is 36.7 Å². The zero-order valence-electron chi connectivity index (χ0n) is 42.2. The molecule has 3 heterocycles. The second-order valence-corrected chi connectivity index (χ2v) is 18.8. The van der Waals surface area contributed by atoms with Crippen LogP contribution in [0.5, 0.6) is 0 Å². The number of pyridine rings is 1. The van der Waals surface area contributed by atoms with Crippen LogP contribution in [0.3, 0.4) is 0 Å². The lowest BCUT2D eigenvalue weighted by Crippen LogP contribution is -2.63. The van der Waals surface area contributed by atoms with Crippen LogP contribution in [0, 0.1) is 34.3 Å². The Bertz CT molecular complexity index is 2800. The number of benzene rings is 2. The summed E-state index contributed by atoms with van der Waals surface area (Å²) in [5.41, 5.74) is -4.66. The predicted molar refractivity (Wildman–Crippen MR) is 254 cm³/mol. The van der Waals surface area contributed by atoms with E-state index in [-0.39, 0.29) is 34.0 Å². The predicted octanol–water partition coefficient (Wildman–Crippen LogP) is 5.84. The van der Waals surface area contributed by atoms with E-state index in [4.69, 9.17) is 0 Å². The van der Waals surface area contributed by atoms with Crippen molar-refractivity contribution >= 4 is 35.7 Å². The first-order chi connectivity index (χ1) is 35.9. The fourth-order valence-electron chi connectivity index (χ4n) is 7.52. The van der Waals surface area contributed by atoms with Crippen molar-refractivity contribution in [2.24, 2.45) is 10.8 Å². The first-order valence-electron chi connectivity index (χ1n) is 23.1. The number of methoxy groups -OCH3 is 2. The highest BCUT2D eigenvalue weighted by Gasteiger charge is 2.57. The Kier molecular flexibility index (Phi) is 19.2. The van der Waals surface area contributed by atoms with E-state index in [9.17, 15) is 64.2 Å². The second-order valence-electron chi connectivity index (χ2n) is 18.8. The van der Waals surface area contributed by atoms with E-state index in [1.54, 1.807) is 29.4 Å². The Morgan fingerprint density at radius 3 is 1.83 bits per heavy atom. The van der Waals surface area contributed by atoms with E-state index >= 15 is 8.78 Å². The van der Waals surface area contributed by atoms with Crippen molar-refractivity contribution in [3.8, 4) is 23.1 Å². The molecule has 1 saturated heterocycles. The zero-order chi connectivity index (χ0) is 57.4. The summed E-state index contributed by atoms with van der Waals surface area (Å²) >= 11 is 0. The van der Waals surface area contributed by atoms with Crippen molar-refractivity contribution < 1.29 is 82.5 Å². The van der Waals surface area contributed by atoms with Crippen molar-refractivity contribution in [2.45, 2.75) is 83.8 Å². The fourth-order valence-corrected chi connectivity index (χ4v) is 7.52. The van der Waals surface area contributed by atoms with Gasteiger partial charge in [0.2, 0.25) is 11.8 Å². The molecular weight excluding hydrogens is 1050 g/mol. The van der Waals surface area contributed by atoms with E-state index < -0.39 is 115 Å². The largest absolute Gasteiger partial charge is 0.453 e. The van der Waals surface area contributed by atoms with Gasteiger partial charge in [-0.15, -0.1) is 0 Å². The number of aliphatic hydroxyl groups is 1. The quantitative estimate of drug-likeness (QED) is 0.0452. The molecule has 0 saturated carbocycles. The molecule has 1 fully saturated rings. The Labute approximate surface area is 434 Å². The minimum atomic E-state index is -5.24. The number of likely N-dealkylation sites (N-methyl/N-ethyl adjacent to an activating group) is 1. The third-order valence-electron chi connectivity index (χ3n) is 12.7. The number of piperazine rings is 1. The van der Waals surface area contributed by atoms with Crippen molar-refractivity contribution in [1.82, 2.24) is 46.0 Å². The van der Waals surface area contributed by atoms with Gasteiger partial charge in [0.1, 0.15) is 29.5 Å². The summed E-state index contributed by atoms with van der Waals surface area (Å²) in [5, 5.41) is 21.9. The van der Waals surface area contributed by atoms with Crippen LogP contribution in [0.2, 0.25) is 0 Å². The summed E-state index contributed by atoms with van der Waals surface area (Å²) in [7, 11) is 3.28. The van der Waals surface area contributed by atoms with Crippen LogP contribution in [-0.4, -0.2) is 144 Å². The molecule has 28 heteroatoms. The van der Waals surface area contributed by atoms with Crippen molar-refractivity contribution in [3.63, 3.8) is 0 Å². The number of hydrazine groups is 1. The molecule has 77 heavy (non-hydrogen) atoms. The Balaban J connectivity index is 1.53. The standard InChI is InChI=1S/C49H54F10N10O8/c1-46(2,48(54,55)56)39(62-44(74)76-6)41(72)61-35(20-28-11-8-27(9-12-28)10-13-29-14-15-37(60-23-29)67-19-18-66(5)38(71)26-67)36(70)25-68(65-42(73)40(63-45(75)77-7)47(3,4)49(57,58)59)24-31-32(50)21-30(22-33(31)51)34-16-17-69(64-34)43(52)53/h8-9,11-12,14-17,21-23,35-36,39-40,43,70H,18-20,24-26H2,1-7H3,(H,61,72)(H,62,74)(H,63,75)(H,65,73). The number of amides is 5. The molecule has 5 amide bonds. The first-order valence-corrected chi connectivity index (χ1v) is 23.1. The first kappa shape index (κ1) is 60.2. The lowest BCUT2D eigenvalue weighted by Gasteiger charge is -2.38. The number of alkyl carbamates (subject to hydrolysis) is 2. The molecule has 18 nitrogen and oxygen atoms in total. The average molecular weight is 1100 g/mol. The fraction of sp³-hybridized carbons (Fsp3) is 0.449. The van der Waals surface area contributed by atoms with Crippen LogP contribution in [-0.2, 0) is 36.8 Å². The van der Waals surface area contributed by atoms with Gasteiger partial charge in [0.25, 0.3) is 5.91 Å². The number of hydrogen-bond acceptors (Lipinski definition) is 12. The van der Waals surface area contributed by atoms with Crippen LogP contribution in [0.25, 0.3) is 11.3 Å². The molecule has 1 aliphatic heterocycles. The van der Waals surface area contributed by atoms with E-state index in [0.29, 0.717) is 74.9 Å². The Morgan fingerprint density at radius 2 is 1.34 bits per heavy atom. The summed E-state index contributed by atoms with van der Waals surface area (Å²) in [6.07, 6.45) is -13.8. The SMILES string of the molecule is COC(=O)NC(C(=O)NC(Cc1ccc(C#Cc2ccc(N3CCN(C)C(=O)C3)nc2)cc1)C(O)CN(Cc1c(F)cc(-c2ccn(C(F)F)n2)cc1F)NC(=O)C(NC(=O)OC)C(C)(C)C(F)(F)F)C(C)(C)C(F)(F)F. The van der Waals surface area contributed by atoms with Gasteiger partial charge in [-0.2, -0.15) is 40.2 Å². The van der Waals surface area contributed by atoms with Gasteiger partial charge in [-0.3, -0.25) is 19.8 Å². The van der Waals surface area contributed by atoms with E-state index in [1.807, 2.05) is 15.6 Å². The summed E-state index contributed by atoms with van der Waals surface area (Å²) in [4.78, 5) is 72.7. The molecule has 4 atom stereocenters. The number of carbonyl (C=O) groups is 5. The van der Waals surface area contributed by atoms with Gasteiger partial charge in [-0.25, -0.2) is 33.0 Å². The molecule has 4 aromatic rings. The van der Waals surface area contributed by atoms with Crippen LogP contribution < -0.4 is 26.3 Å². The van der Waals surface area contributed by atoms with Gasteiger partial charge in [0.15, 0.2) is 0 Å². The van der Waals surface area contributed by atoms with Gasteiger partial charge in [-0.1, -0.05) is 24.0 Å². The van der Waals surface area contributed by atoms with Gasteiger partial charge >= 0.3 is 31.1 Å². The highest BCUT2D eigenvalue weighted by atomic mass is 19.4. The number of rotatable bonds is 18. The monoisotopic (exact) mass is 1100 g/mol. The van der Waals surface area contributed by atoms with Crippen LogP contribution in [0.1, 0.15) is 56.5 Å². The number of nitrogens with zero attached hydrogens (tertiary/aromatic N) is 6. The molecule has 0 bridgehead atoms. The van der Waals surface area contributed by atoms with Gasteiger partial charge in [0.05, 0.1) is 49.4 Å². The number of anilines is 1. The summed E-state index contributed by atoms with van der Waals surface area (Å²) in [6, 6.07) is 4.75. The number of nitrogens with one attached hydrogen (secondary N) is 4. The molecule has 5 N–H and O–H groups in total. The zero-order valence-corrected chi connectivity index (χ0v) is 42.2. The number of aliphatic hydroxyl groups excluding tert-OH is 1. The van der Waals surface area contributed by atoms with Crippen LogP contribution in [0.15, 0.2) is 67.0 Å². The maximum absolute atomic E-state index is 16.0. The molecule has 0 spiro atoms. The molecule has 0 radical (unpaired) electrons. The second kappa shape index (κ2) is 24.5. The molecular formula is C49H54F10N10O8. The minimum Gasteiger partial charge on any atom is -0.453 e. The van der Waals surface area contributed by atoms with Crippen LogP contribution >= 0.6 is 0 Å². The van der Waals surface area contributed by atoms with Crippen LogP contribution in [0.4, 0.5) is 59.3 Å². The third kappa shape index (κ3) is 15.1. The van der Waals surface area contributed by atoms with Crippen molar-refractivity contribution in [2.75, 3.05) is 52.3 Å². The van der Waals surface area contributed by atoms with E-state index in [0.717, 1.165) is 26.5 Å². The minimum absolute atomic E-state index is 0.0718. The maximum atomic E-state index is 16.0. The average Bonchev–Trinajstić information content (AvgIpc) is 3.87. The lowest BCUT2D eigenvalue weighted by atomic mass is 9.82. The summed E-state index contributed by atoms with van der Waals surface area (Å²) in [6.45, 7) is -1.99. The van der Waals surface area contributed by atoms with Gasteiger partial charge in [-0.05, 0) is 82.1 Å². The van der Waals surface area contributed by atoms with Crippen molar-refractivity contribution in [1.29, 1.82) is 0 Å². The molecule has 2 aromatic heterocycles. The molecule has 4 unspecified atom stereocenters. The summed E-state index contributed by atoms with van der Waals surface area (Å²) < 4.78 is 155. The highest BCUT2D eigenvalue weighted by molar-refractivity contribution is 5.87. The Morgan fingerprint density at radius 1 is 0.792 bits per heavy atom. The maximum Gasteiger partial charge on any atom is 0.407 e. The number of aromatic nitrogens is 3. The van der Waals surface area contributed by atoms with E-state index in [1.165, 1.54) is 30.5 Å². The topological polar surface area (TPSA) is 213 Å². The molecule has 1 aliphatic rings. The number of ether oxygens (including phenoxy) is 2. The molecule has 0 aliphatic carbocycles. The number of alkyl halides is 8. The Hall–Kier alpha value is -7.67. The molecule has 2 aromatic carbocycles. The van der Waals surface area contributed by atoms with Gasteiger partial charge in [0, 0.05) is 67.9 Å². The van der Waals surface area contributed by atoms with Crippen molar-refractivity contribution in [3.05, 3.63) is 101 Å². The number of hydrogen-bond donors (Lipinski definition) is 5. The van der Waals surface area contributed by atoms with Gasteiger partial charge < -0.3 is 40.3 Å². The molecule has 5 rings (SSSR count). The normalized spacial score (nSPS) is 15.0. The third-order valence-corrected chi connectivity index (χ3v) is 12.7. The lowest BCUT2D eigenvalue weighted by molar-refractivity contribution is -0.221.